The number of aliphatic hydroxyl groups is 1. The minimum Gasteiger partial charge on any atom is -0.393 e. The first-order valence-corrected chi connectivity index (χ1v) is 10.3. The van der Waals surface area contributed by atoms with Crippen LogP contribution in [0.3, 0.4) is 0 Å². The first-order valence-electron chi connectivity index (χ1n) is 9.96. The van der Waals surface area contributed by atoms with Crippen molar-refractivity contribution in [2.24, 2.45) is 11.8 Å². The molecule has 2 aliphatic rings. The number of aryl methyl sites for hydroxylation is 1. The van der Waals surface area contributed by atoms with Gasteiger partial charge < -0.3 is 15.3 Å². The molecule has 0 amide bonds. The smallest absolute Gasteiger partial charge is 0.0564 e. The molecule has 140 valence electrons. The second kappa shape index (κ2) is 9.36. The van der Waals surface area contributed by atoms with Gasteiger partial charge in [-0.1, -0.05) is 23.7 Å². The van der Waals surface area contributed by atoms with Gasteiger partial charge in [0.2, 0.25) is 0 Å². The van der Waals surface area contributed by atoms with Gasteiger partial charge in [0.05, 0.1) is 6.10 Å². The summed E-state index contributed by atoms with van der Waals surface area (Å²) < 4.78 is 0. The molecule has 2 N–H and O–H groups in total. The molecule has 1 aromatic carbocycles. The SMILES string of the molecule is Cc1ccc(CNCC2CCC(CN3CCC(O)CC3)CC2)c(Cl)c1. The van der Waals surface area contributed by atoms with Crippen molar-refractivity contribution in [2.75, 3.05) is 26.2 Å². The Morgan fingerprint density at radius 3 is 2.44 bits per heavy atom. The summed E-state index contributed by atoms with van der Waals surface area (Å²) in [6.45, 7) is 7.46. The van der Waals surface area contributed by atoms with Crippen LogP contribution in [0, 0.1) is 18.8 Å². The van der Waals surface area contributed by atoms with E-state index in [1.807, 2.05) is 6.07 Å². The van der Waals surface area contributed by atoms with Gasteiger partial charge in [0, 0.05) is 31.2 Å². The molecular formula is C21H33ClN2O. The molecule has 1 saturated heterocycles. The third kappa shape index (κ3) is 5.96. The highest BCUT2D eigenvalue weighted by atomic mass is 35.5. The second-order valence-electron chi connectivity index (χ2n) is 8.14. The fraction of sp³-hybridized carbons (Fsp3) is 0.714. The van der Waals surface area contributed by atoms with Crippen LogP contribution in [-0.4, -0.2) is 42.3 Å². The average molecular weight is 365 g/mol. The van der Waals surface area contributed by atoms with Crippen LogP contribution in [0.1, 0.15) is 49.7 Å². The first kappa shape index (κ1) is 19.2. The van der Waals surface area contributed by atoms with Crippen molar-refractivity contribution < 1.29 is 5.11 Å². The van der Waals surface area contributed by atoms with Crippen molar-refractivity contribution in [3.05, 3.63) is 34.3 Å². The maximum absolute atomic E-state index is 9.62. The number of rotatable bonds is 6. The van der Waals surface area contributed by atoms with Gasteiger partial charge in [-0.25, -0.2) is 0 Å². The zero-order chi connectivity index (χ0) is 17.6. The molecule has 1 heterocycles. The molecule has 3 rings (SSSR count). The lowest BCUT2D eigenvalue weighted by molar-refractivity contribution is 0.0687. The molecule has 1 aromatic rings. The van der Waals surface area contributed by atoms with E-state index in [0.717, 1.165) is 55.9 Å². The first-order chi connectivity index (χ1) is 12.1. The normalized spacial score (nSPS) is 26.0. The van der Waals surface area contributed by atoms with E-state index in [1.165, 1.54) is 43.4 Å². The Hall–Kier alpha value is -0.610. The lowest BCUT2D eigenvalue weighted by Gasteiger charge is -2.35. The molecule has 0 bridgehead atoms. The molecule has 0 unspecified atom stereocenters. The van der Waals surface area contributed by atoms with Crippen LogP contribution in [0.5, 0.6) is 0 Å². The lowest BCUT2D eigenvalue weighted by atomic mass is 9.81. The van der Waals surface area contributed by atoms with E-state index in [9.17, 15) is 5.11 Å². The summed E-state index contributed by atoms with van der Waals surface area (Å²) in [5.41, 5.74) is 2.42. The highest BCUT2D eigenvalue weighted by Crippen LogP contribution is 2.30. The van der Waals surface area contributed by atoms with Crippen LogP contribution in [0.2, 0.25) is 5.02 Å². The van der Waals surface area contributed by atoms with Crippen molar-refractivity contribution in [3.8, 4) is 0 Å². The summed E-state index contributed by atoms with van der Waals surface area (Å²) in [7, 11) is 0. The number of nitrogens with one attached hydrogen (secondary N) is 1. The van der Waals surface area contributed by atoms with Gasteiger partial charge in [-0.3, -0.25) is 0 Å². The van der Waals surface area contributed by atoms with Gasteiger partial charge in [0.15, 0.2) is 0 Å². The van der Waals surface area contributed by atoms with Crippen molar-refractivity contribution >= 4 is 11.6 Å². The molecule has 3 nitrogen and oxygen atoms in total. The molecule has 0 atom stereocenters. The summed E-state index contributed by atoms with van der Waals surface area (Å²) in [6.07, 6.45) is 7.26. The van der Waals surface area contributed by atoms with Crippen molar-refractivity contribution in [3.63, 3.8) is 0 Å². The molecule has 0 spiro atoms. The van der Waals surface area contributed by atoms with E-state index in [0.29, 0.717) is 0 Å². The van der Waals surface area contributed by atoms with Gasteiger partial charge in [-0.2, -0.15) is 0 Å². The molecule has 1 aliphatic carbocycles. The maximum Gasteiger partial charge on any atom is 0.0564 e. The largest absolute Gasteiger partial charge is 0.393 e. The summed E-state index contributed by atoms with van der Waals surface area (Å²) in [4.78, 5) is 2.56. The van der Waals surface area contributed by atoms with Crippen LogP contribution in [-0.2, 0) is 6.54 Å². The predicted molar refractivity (Wildman–Crippen MR) is 105 cm³/mol. The number of aliphatic hydroxyl groups excluding tert-OH is 1. The van der Waals surface area contributed by atoms with Gasteiger partial charge in [-0.05, 0) is 81.0 Å². The molecular weight excluding hydrogens is 332 g/mol. The number of nitrogens with zero attached hydrogens (tertiary/aromatic N) is 1. The number of hydrogen-bond acceptors (Lipinski definition) is 3. The zero-order valence-electron chi connectivity index (χ0n) is 15.5. The number of halogens is 1. The monoisotopic (exact) mass is 364 g/mol. The fourth-order valence-corrected chi connectivity index (χ4v) is 4.59. The highest BCUT2D eigenvalue weighted by Gasteiger charge is 2.24. The minimum absolute atomic E-state index is 0.0555. The quantitative estimate of drug-likeness (QED) is 0.800. The van der Waals surface area contributed by atoms with Crippen LogP contribution in [0.25, 0.3) is 0 Å². The standard InChI is InChI=1S/C21H33ClN2O/c1-16-2-7-19(21(22)12-16)14-23-13-17-3-5-18(6-4-17)15-24-10-8-20(25)9-11-24/h2,7,12,17-18,20,23,25H,3-6,8-11,13-15H2,1H3. The topological polar surface area (TPSA) is 35.5 Å². The molecule has 4 heteroatoms. The Bertz CT molecular complexity index is 535. The van der Waals surface area contributed by atoms with Gasteiger partial charge in [-0.15, -0.1) is 0 Å². The average Bonchev–Trinajstić information content (AvgIpc) is 2.60. The summed E-state index contributed by atoms with van der Waals surface area (Å²) in [5, 5.41) is 14.1. The minimum atomic E-state index is -0.0555. The summed E-state index contributed by atoms with van der Waals surface area (Å²) >= 11 is 6.31. The molecule has 0 aromatic heterocycles. The Balaban J connectivity index is 1.32. The molecule has 2 fully saturated rings. The van der Waals surface area contributed by atoms with E-state index < -0.39 is 0 Å². The maximum atomic E-state index is 9.62. The highest BCUT2D eigenvalue weighted by molar-refractivity contribution is 6.31. The van der Waals surface area contributed by atoms with Crippen LogP contribution in [0.4, 0.5) is 0 Å². The van der Waals surface area contributed by atoms with Crippen LogP contribution < -0.4 is 5.32 Å². The van der Waals surface area contributed by atoms with Crippen molar-refractivity contribution in [1.29, 1.82) is 0 Å². The number of benzene rings is 1. The third-order valence-corrected chi connectivity index (χ3v) is 6.35. The van der Waals surface area contributed by atoms with E-state index in [-0.39, 0.29) is 6.10 Å². The molecule has 25 heavy (non-hydrogen) atoms. The lowest BCUT2D eigenvalue weighted by Crippen LogP contribution is -2.39. The van der Waals surface area contributed by atoms with E-state index in [2.05, 4.69) is 29.3 Å². The van der Waals surface area contributed by atoms with Crippen LogP contribution >= 0.6 is 11.6 Å². The number of hydrogen-bond donors (Lipinski definition) is 2. The summed E-state index contributed by atoms with van der Waals surface area (Å²) in [5.74, 6) is 1.67. The molecule has 1 saturated carbocycles. The molecule has 0 radical (unpaired) electrons. The Morgan fingerprint density at radius 2 is 1.76 bits per heavy atom. The third-order valence-electron chi connectivity index (χ3n) is 6.00. The Kier molecular flexibility index (Phi) is 7.18. The predicted octanol–water partition coefficient (Wildman–Crippen LogP) is 4.00. The van der Waals surface area contributed by atoms with Crippen molar-refractivity contribution in [2.45, 2.75) is 58.1 Å². The van der Waals surface area contributed by atoms with E-state index >= 15 is 0 Å². The second-order valence-corrected chi connectivity index (χ2v) is 8.55. The Labute approximate surface area is 157 Å². The van der Waals surface area contributed by atoms with E-state index in [1.54, 1.807) is 0 Å². The van der Waals surface area contributed by atoms with E-state index in [4.69, 9.17) is 11.6 Å². The number of likely N-dealkylation sites (tertiary alicyclic amines) is 1. The van der Waals surface area contributed by atoms with Gasteiger partial charge >= 0.3 is 0 Å². The number of piperidine rings is 1. The van der Waals surface area contributed by atoms with Gasteiger partial charge in [0.25, 0.3) is 0 Å². The van der Waals surface area contributed by atoms with Gasteiger partial charge in [0.1, 0.15) is 0 Å². The summed E-state index contributed by atoms with van der Waals surface area (Å²) in [6, 6.07) is 6.31. The fourth-order valence-electron chi connectivity index (χ4n) is 4.29. The Morgan fingerprint density at radius 1 is 1.08 bits per heavy atom. The zero-order valence-corrected chi connectivity index (χ0v) is 16.3. The van der Waals surface area contributed by atoms with Crippen molar-refractivity contribution in [1.82, 2.24) is 10.2 Å². The molecule has 1 aliphatic heterocycles. The van der Waals surface area contributed by atoms with Crippen LogP contribution in [0.15, 0.2) is 18.2 Å².